The second kappa shape index (κ2) is 5.87. The van der Waals surface area contributed by atoms with Gasteiger partial charge in [0.2, 0.25) is 0 Å². The highest BCUT2D eigenvalue weighted by Gasteiger charge is 2.45. The molecular formula is C16H21NO5. The van der Waals surface area contributed by atoms with Crippen LogP contribution in [-0.4, -0.2) is 29.9 Å². The van der Waals surface area contributed by atoms with Gasteiger partial charge in [-0.15, -0.1) is 0 Å². The molecule has 6 heteroatoms. The molecule has 2 N–H and O–H groups in total. The van der Waals surface area contributed by atoms with Gasteiger partial charge in [-0.1, -0.05) is 0 Å². The number of carbonyl (C=O) groups excluding carboxylic acids is 1. The summed E-state index contributed by atoms with van der Waals surface area (Å²) in [5.41, 5.74) is 0.723. The second-order valence-electron chi connectivity index (χ2n) is 6.37. The maximum atomic E-state index is 11.9. The highest BCUT2D eigenvalue weighted by Crippen LogP contribution is 2.50. The van der Waals surface area contributed by atoms with Crippen LogP contribution in [0.3, 0.4) is 0 Å². The Kier molecular flexibility index (Phi) is 4.30. The van der Waals surface area contributed by atoms with Crippen molar-refractivity contribution >= 4 is 17.7 Å². The van der Waals surface area contributed by atoms with Crippen LogP contribution in [0.2, 0.25) is 0 Å². The van der Waals surface area contributed by atoms with Crippen molar-refractivity contribution in [2.45, 2.75) is 38.7 Å². The normalized spacial score (nSPS) is 20.2. The number of ether oxygens (including phenoxy) is 2. The van der Waals surface area contributed by atoms with E-state index in [0.29, 0.717) is 17.9 Å². The Morgan fingerprint density at radius 1 is 1.32 bits per heavy atom. The highest BCUT2D eigenvalue weighted by molar-refractivity contribution is 5.87. The second-order valence-corrected chi connectivity index (χ2v) is 6.37. The van der Waals surface area contributed by atoms with Crippen molar-refractivity contribution in [1.82, 2.24) is 0 Å². The molecule has 0 aromatic heterocycles. The Balaban J connectivity index is 2.20. The van der Waals surface area contributed by atoms with Crippen molar-refractivity contribution in [2.75, 3.05) is 12.4 Å². The molecule has 1 fully saturated rings. The van der Waals surface area contributed by atoms with Gasteiger partial charge in [0.25, 0.3) is 0 Å². The van der Waals surface area contributed by atoms with Gasteiger partial charge in [0.05, 0.1) is 13.0 Å². The van der Waals surface area contributed by atoms with Crippen LogP contribution in [-0.2, 0) is 9.53 Å². The molecule has 1 saturated carbocycles. The molecule has 2 atom stereocenters. The van der Waals surface area contributed by atoms with Gasteiger partial charge in [-0.3, -0.25) is 10.1 Å². The van der Waals surface area contributed by atoms with Crippen molar-refractivity contribution in [2.24, 2.45) is 5.92 Å². The minimum absolute atomic E-state index is 0.113. The van der Waals surface area contributed by atoms with Crippen molar-refractivity contribution in [3.05, 3.63) is 23.8 Å². The van der Waals surface area contributed by atoms with Crippen LogP contribution >= 0.6 is 0 Å². The quantitative estimate of drug-likeness (QED) is 0.892. The first kappa shape index (κ1) is 16.1. The predicted molar refractivity (Wildman–Crippen MR) is 81.3 cm³/mol. The predicted octanol–water partition coefficient (Wildman–Crippen LogP) is 3.23. The molecule has 1 amide bonds. The smallest absolute Gasteiger partial charge is 0.412 e. The minimum Gasteiger partial charge on any atom is -0.497 e. The molecule has 1 aromatic rings. The van der Waals surface area contributed by atoms with Crippen LogP contribution < -0.4 is 10.1 Å². The zero-order chi connectivity index (χ0) is 16.5. The largest absolute Gasteiger partial charge is 0.497 e. The van der Waals surface area contributed by atoms with Gasteiger partial charge in [0.1, 0.15) is 11.4 Å². The molecule has 2 unspecified atom stereocenters. The van der Waals surface area contributed by atoms with E-state index in [9.17, 15) is 9.59 Å². The molecule has 120 valence electrons. The van der Waals surface area contributed by atoms with Crippen molar-refractivity contribution in [3.8, 4) is 5.75 Å². The van der Waals surface area contributed by atoms with E-state index in [2.05, 4.69) is 5.32 Å². The molecule has 0 aliphatic heterocycles. The Labute approximate surface area is 129 Å². The summed E-state index contributed by atoms with van der Waals surface area (Å²) >= 11 is 0. The maximum Gasteiger partial charge on any atom is 0.412 e. The number of amides is 1. The van der Waals surface area contributed by atoms with Gasteiger partial charge < -0.3 is 14.6 Å². The number of hydrogen-bond acceptors (Lipinski definition) is 4. The summed E-state index contributed by atoms with van der Waals surface area (Å²) in [4.78, 5) is 23.0. The van der Waals surface area contributed by atoms with Crippen LogP contribution in [0.15, 0.2) is 18.2 Å². The number of benzene rings is 1. The highest BCUT2D eigenvalue weighted by atomic mass is 16.6. The number of hydrogen-bond donors (Lipinski definition) is 2. The summed E-state index contributed by atoms with van der Waals surface area (Å²) in [6, 6.07) is 5.18. The van der Waals surface area contributed by atoms with E-state index in [-0.39, 0.29) is 5.92 Å². The molecule has 0 radical (unpaired) electrons. The molecule has 1 aliphatic carbocycles. The standard InChI is InChI=1S/C16H21NO5/c1-16(2,3)22-15(20)17-13-6-5-9(21-4)7-11(13)10-8-12(10)14(18)19/h5-7,10,12H,8H2,1-4H3,(H,17,20)(H,18,19). The third-order valence-electron chi connectivity index (χ3n) is 3.40. The van der Waals surface area contributed by atoms with Crippen molar-refractivity contribution in [3.63, 3.8) is 0 Å². The summed E-state index contributed by atoms with van der Waals surface area (Å²) in [6.45, 7) is 5.34. The van der Waals surface area contributed by atoms with Crippen LogP contribution in [0.25, 0.3) is 0 Å². The van der Waals surface area contributed by atoms with Crippen LogP contribution in [0.5, 0.6) is 5.75 Å². The molecule has 0 spiro atoms. The third kappa shape index (κ3) is 3.90. The van der Waals surface area contributed by atoms with Crippen molar-refractivity contribution in [1.29, 1.82) is 0 Å². The first-order valence-corrected chi connectivity index (χ1v) is 7.12. The Bertz CT molecular complexity index is 591. The topological polar surface area (TPSA) is 84.9 Å². The lowest BCUT2D eigenvalue weighted by Gasteiger charge is -2.20. The Morgan fingerprint density at radius 3 is 2.50 bits per heavy atom. The van der Waals surface area contributed by atoms with Crippen LogP contribution in [0, 0.1) is 5.92 Å². The molecule has 0 bridgehead atoms. The van der Waals surface area contributed by atoms with Crippen LogP contribution in [0.1, 0.15) is 38.7 Å². The molecule has 22 heavy (non-hydrogen) atoms. The summed E-state index contributed by atoms with van der Waals surface area (Å²) < 4.78 is 10.4. The number of nitrogens with one attached hydrogen (secondary N) is 1. The summed E-state index contributed by atoms with van der Waals surface area (Å²) in [7, 11) is 1.54. The zero-order valence-electron chi connectivity index (χ0n) is 13.2. The molecule has 2 rings (SSSR count). The SMILES string of the molecule is COc1ccc(NC(=O)OC(C)(C)C)c(C2CC2C(=O)O)c1. The molecule has 0 heterocycles. The average Bonchev–Trinajstić information content (AvgIpc) is 3.17. The summed E-state index contributed by atoms with van der Waals surface area (Å²) in [5, 5.41) is 11.8. The lowest BCUT2D eigenvalue weighted by atomic mass is 10.1. The molecule has 0 saturated heterocycles. The zero-order valence-corrected chi connectivity index (χ0v) is 13.2. The Morgan fingerprint density at radius 2 is 2.00 bits per heavy atom. The maximum absolute atomic E-state index is 11.9. The van der Waals surface area contributed by atoms with E-state index >= 15 is 0 Å². The number of anilines is 1. The number of carboxylic acids is 1. The number of carbonyl (C=O) groups is 2. The van der Waals surface area contributed by atoms with Gasteiger partial charge in [-0.05, 0) is 51.0 Å². The van der Waals surface area contributed by atoms with E-state index in [0.717, 1.165) is 5.56 Å². The number of methoxy groups -OCH3 is 1. The molecule has 6 nitrogen and oxygen atoms in total. The first-order chi connectivity index (χ1) is 10.2. The molecule has 1 aromatic carbocycles. The monoisotopic (exact) mass is 307 g/mol. The summed E-state index contributed by atoms with van der Waals surface area (Å²) in [6.07, 6.45) is -0.00247. The minimum atomic E-state index is -0.823. The van der Waals surface area contributed by atoms with Crippen LogP contribution in [0.4, 0.5) is 10.5 Å². The lowest BCUT2D eigenvalue weighted by molar-refractivity contribution is -0.138. The third-order valence-corrected chi connectivity index (χ3v) is 3.40. The fourth-order valence-corrected chi connectivity index (χ4v) is 2.31. The Hall–Kier alpha value is -2.24. The van der Waals surface area contributed by atoms with E-state index in [4.69, 9.17) is 14.6 Å². The summed E-state index contributed by atoms with van der Waals surface area (Å²) in [5.74, 6) is -0.722. The van der Waals surface area contributed by atoms with Gasteiger partial charge in [-0.25, -0.2) is 4.79 Å². The number of carboxylic acid groups (broad SMARTS) is 1. The van der Waals surface area contributed by atoms with Crippen molar-refractivity contribution < 1.29 is 24.2 Å². The van der Waals surface area contributed by atoms with Gasteiger partial charge in [0.15, 0.2) is 0 Å². The first-order valence-electron chi connectivity index (χ1n) is 7.12. The van der Waals surface area contributed by atoms with Gasteiger partial charge in [0, 0.05) is 11.6 Å². The van der Waals surface area contributed by atoms with Gasteiger partial charge >= 0.3 is 12.1 Å². The number of aliphatic carboxylic acids is 1. The van der Waals surface area contributed by atoms with E-state index in [1.54, 1.807) is 46.1 Å². The van der Waals surface area contributed by atoms with Gasteiger partial charge in [-0.2, -0.15) is 0 Å². The van der Waals surface area contributed by atoms with E-state index in [1.165, 1.54) is 0 Å². The van der Waals surface area contributed by atoms with E-state index < -0.39 is 23.6 Å². The molecular weight excluding hydrogens is 286 g/mol. The molecule has 1 aliphatic rings. The lowest BCUT2D eigenvalue weighted by Crippen LogP contribution is -2.27. The average molecular weight is 307 g/mol. The fourth-order valence-electron chi connectivity index (χ4n) is 2.31. The van der Waals surface area contributed by atoms with E-state index in [1.807, 2.05) is 0 Å². The fraction of sp³-hybridized carbons (Fsp3) is 0.500. The number of rotatable bonds is 4.